The highest BCUT2D eigenvalue weighted by molar-refractivity contribution is 7.89. The van der Waals surface area contributed by atoms with Crippen LogP contribution in [0.5, 0.6) is 0 Å². The fourth-order valence-electron chi connectivity index (χ4n) is 3.27. The maximum absolute atomic E-state index is 12.7. The van der Waals surface area contributed by atoms with Gasteiger partial charge in [-0.25, -0.2) is 13.8 Å². The van der Waals surface area contributed by atoms with Crippen molar-refractivity contribution in [1.29, 1.82) is 0 Å². The number of quaternary nitrogens is 1. The van der Waals surface area contributed by atoms with Crippen LogP contribution in [0.1, 0.15) is 16.7 Å². The number of hydrogen-bond acceptors (Lipinski definition) is 4. The highest BCUT2D eigenvalue weighted by atomic mass is 32.2. The lowest BCUT2D eigenvalue weighted by Gasteiger charge is -2.31. The van der Waals surface area contributed by atoms with E-state index in [1.165, 1.54) is 4.31 Å². The standard InChI is InChI=1S/C21H26N4O3S/c1-17-6-8-20(9-7-17)29(27,28)25-12-10-24(11-13-25)16-21(26)23-22-15-19-5-3-4-18(2)14-19/h3-9,14-15H,10-13,16H2,1-2H3,(H,23,26)/p+1/b22-15+. The molecule has 0 spiro atoms. The van der Waals surface area contributed by atoms with Crippen LogP contribution in [-0.2, 0) is 14.8 Å². The molecule has 154 valence electrons. The Labute approximate surface area is 172 Å². The van der Waals surface area contributed by atoms with Gasteiger partial charge in [0.2, 0.25) is 10.0 Å². The SMILES string of the molecule is Cc1ccc(S(=O)(=O)N2CC[NH+](CC(=O)N/N=C/c3cccc(C)c3)CC2)cc1. The second kappa shape index (κ2) is 9.30. The third kappa shape index (κ3) is 5.72. The molecular formula is C21H27N4O3S+. The van der Waals surface area contributed by atoms with E-state index in [1.54, 1.807) is 30.5 Å². The van der Waals surface area contributed by atoms with Crippen LogP contribution >= 0.6 is 0 Å². The molecule has 0 aliphatic carbocycles. The van der Waals surface area contributed by atoms with Crippen molar-refractivity contribution in [2.24, 2.45) is 5.10 Å². The lowest BCUT2D eigenvalue weighted by atomic mass is 10.2. The van der Waals surface area contributed by atoms with Gasteiger partial charge in [0.15, 0.2) is 6.54 Å². The van der Waals surface area contributed by atoms with Crippen molar-refractivity contribution in [1.82, 2.24) is 9.73 Å². The molecule has 2 aromatic carbocycles. The van der Waals surface area contributed by atoms with E-state index < -0.39 is 10.0 Å². The number of carbonyl (C=O) groups excluding carboxylic acids is 1. The molecular weight excluding hydrogens is 388 g/mol. The summed E-state index contributed by atoms with van der Waals surface area (Å²) in [6.07, 6.45) is 1.62. The molecule has 1 amide bonds. The predicted molar refractivity (Wildman–Crippen MR) is 112 cm³/mol. The molecule has 0 aromatic heterocycles. The Morgan fingerprint density at radius 2 is 1.79 bits per heavy atom. The number of hydrazone groups is 1. The van der Waals surface area contributed by atoms with Crippen LogP contribution in [0, 0.1) is 13.8 Å². The van der Waals surface area contributed by atoms with Gasteiger partial charge in [-0.2, -0.15) is 9.41 Å². The van der Waals surface area contributed by atoms with Crippen molar-refractivity contribution < 1.29 is 18.1 Å². The minimum Gasteiger partial charge on any atom is -0.325 e. The molecule has 1 heterocycles. The molecule has 0 bridgehead atoms. The fraction of sp³-hybridized carbons (Fsp3) is 0.333. The summed E-state index contributed by atoms with van der Waals surface area (Å²) in [5.41, 5.74) is 5.62. The van der Waals surface area contributed by atoms with Gasteiger partial charge in [-0.1, -0.05) is 47.5 Å². The Balaban J connectivity index is 1.48. The van der Waals surface area contributed by atoms with Crippen molar-refractivity contribution in [3.8, 4) is 0 Å². The summed E-state index contributed by atoms with van der Waals surface area (Å²) in [5, 5.41) is 4.00. The predicted octanol–water partition coefficient (Wildman–Crippen LogP) is 0.343. The van der Waals surface area contributed by atoms with E-state index >= 15 is 0 Å². The summed E-state index contributed by atoms with van der Waals surface area (Å²) in [6, 6.07) is 14.7. The maximum atomic E-state index is 12.7. The van der Waals surface area contributed by atoms with E-state index in [2.05, 4.69) is 10.5 Å². The lowest BCUT2D eigenvalue weighted by molar-refractivity contribution is -0.895. The van der Waals surface area contributed by atoms with E-state index in [9.17, 15) is 13.2 Å². The number of nitrogens with one attached hydrogen (secondary N) is 2. The number of benzene rings is 2. The third-order valence-electron chi connectivity index (χ3n) is 4.94. The van der Waals surface area contributed by atoms with Gasteiger partial charge in [0.25, 0.3) is 5.91 Å². The molecule has 0 atom stereocenters. The van der Waals surface area contributed by atoms with Crippen molar-refractivity contribution in [2.75, 3.05) is 32.7 Å². The number of carbonyl (C=O) groups is 1. The topological polar surface area (TPSA) is 83.3 Å². The minimum absolute atomic E-state index is 0.182. The molecule has 29 heavy (non-hydrogen) atoms. The third-order valence-corrected chi connectivity index (χ3v) is 6.86. The molecule has 1 saturated heterocycles. The molecule has 0 radical (unpaired) electrons. The van der Waals surface area contributed by atoms with Gasteiger partial charge >= 0.3 is 0 Å². The van der Waals surface area contributed by atoms with Gasteiger partial charge in [-0.3, -0.25) is 4.79 Å². The molecule has 3 rings (SSSR count). The van der Waals surface area contributed by atoms with E-state index in [0.717, 1.165) is 21.6 Å². The van der Waals surface area contributed by atoms with Gasteiger partial charge in [-0.05, 0) is 31.5 Å². The van der Waals surface area contributed by atoms with Crippen molar-refractivity contribution in [3.05, 3.63) is 65.2 Å². The average Bonchev–Trinajstić information content (AvgIpc) is 2.69. The molecule has 7 nitrogen and oxygen atoms in total. The van der Waals surface area contributed by atoms with Gasteiger partial charge in [0, 0.05) is 0 Å². The first-order valence-electron chi connectivity index (χ1n) is 9.63. The van der Waals surface area contributed by atoms with Crippen LogP contribution in [0.4, 0.5) is 0 Å². The van der Waals surface area contributed by atoms with E-state index in [1.807, 2.05) is 38.1 Å². The van der Waals surface area contributed by atoms with Crippen molar-refractivity contribution in [2.45, 2.75) is 18.7 Å². The maximum Gasteiger partial charge on any atom is 0.295 e. The van der Waals surface area contributed by atoms with Crippen LogP contribution in [0.3, 0.4) is 0 Å². The number of rotatable bonds is 6. The zero-order valence-corrected chi connectivity index (χ0v) is 17.6. The summed E-state index contributed by atoms with van der Waals surface area (Å²) in [7, 11) is -3.48. The number of aryl methyl sites for hydroxylation is 2. The largest absolute Gasteiger partial charge is 0.325 e. The van der Waals surface area contributed by atoms with Gasteiger partial charge in [-0.15, -0.1) is 0 Å². The van der Waals surface area contributed by atoms with E-state index in [-0.39, 0.29) is 12.5 Å². The zero-order valence-electron chi connectivity index (χ0n) is 16.8. The average molecular weight is 416 g/mol. The van der Waals surface area contributed by atoms with E-state index in [0.29, 0.717) is 31.1 Å². The molecule has 8 heteroatoms. The second-order valence-electron chi connectivity index (χ2n) is 7.35. The number of nitrogens with zero attached hydrogens (tertiary/aromatic N) is 2. The molecule has 0 unspecified atom stereocenters. The second-order valence-corrected chi connectivity index (χ2v) is 9.29. The van der Waals surface area contributed by atoms with Crippen LogP contribution < -0.4 is 10.3 Å². The van der Waals surface area contributed by atoms with Crippen LogP contribution in [0.15, 0.2) is 58.5 Å². The number of amides is 1. The van der Waals surface area contributed by atoms with Gasteiger partial charge in [0.05, 0.1) is 37.3 Å². The summed E-state index contributed by atoms with van der Waals surface area (Å²) in [5.74, 6) is -0.182. The first kappa shape index (κ1) is 21.2. The number of hydrogen-bond donors (Lipinski definition) is 2. The first-order valence-corrected chi connectivity index (χ1v) is 11.1. The quantitative estimate of drug-likeness (QED) is 0.527. The summed E-state index contributed by atoms with van der Waals surface area (Å²) >= 11 is 0. The summed E-state index contributed by atoms with van der Waals surface area (Å²) in [4.78, 5) is 13.5. The lowest BCUT2D eigenvalue weighted by Crippen LogP contribution is -3.15. The molecule has 2 N–H and O–H groups in total. The molecule has 1 fully saturated rings. The summed E-state index contributed by atoms with van der Waals surface area (Å²) < 4.78 is 27.0. The summed E-state index contributed by atoms with van der Waals surface area (Å²) in [6.45, 7) is 6.15. The molecule has 0 saturated carbocycles. The fourth-order valence-corrected chi connectivity index (χ4v) is 4.72. The Kier molecular flexibility index (Phi) is 6.79. The zero-order chi connectivity index (χ0) is 20.9. The normalized spacial score (nSPS) is 16.2. The Morgan fingerprint density at radius 3 is 2.45 bits per heavy atom. The van der Waals surface area contributed by atoms with Crippen LogP contribution in [-0.4, -0.2) is 57.6 Å². The first-order chi connectivity index (χ1) is 13.8. The van der Waals surface area contributed by atoms with Crippen molar-refractivity contribution in [3.63, 3.8) is 0 Å². The smallest absolute Gasteiger partial charge is 0.295 e. The van der Waals surface area contributed by atoms with E-state index in [4.69, 9.17) is 0 Å². The molecule has 2 aromatic rings. The number of piperazine rings is 1. The van der Waals surface area contributed by atoms with Crippen LogP contribution in [0.2, 0.25) is 0 Å². The van der Waals surface area contributed by atoms with Gasteiger partial charge < -0.3 is 4.90 Å². The molecule has 1 aliphatic rings. The highest BCUT2D eigenvalue weighted by Gasteiger charge is 2.31. The Morgan fingerprint density at radius 1 is 1.10 bits per heavy atom. The van der Waals surface area contributed by atoms with Gasteiger partial charge in [0.1, 0.15) is 0 Å². The van der Waals surface area contributed by atoms with Crippen molar-refractivity contribution >= 4 is 22.1 Å². The minimum atomic E-state index is -3.48. The molecule has 1 aliphatic heterocycles. The highest BCUT2D eigenvalue weighted by Crippen LogP contribution is 2.16. The Hall–Kier alpha value is -2.55. The monoisotopic (exact) mass is 415 g/mol. The number of sulfonamides is 1. The van der Waals surface area contributed by atoms with Crippen LogP contribution in [0.25, 0.3) is 0 Å². The Bertz CT molecular complexity index is 979.